The number of hydrogen-bond acceptors (Lipinski definition) is 1. The van der Waals surface area contributed by atoms with Crippen LogP contribution in [0.25, 0.3) is 0 Å². The topological polar surface area (TPSA) is 37.3 Å². The van der Waals surface area contributed by atoms with Gasteiger partial charge in [0.05, 0.1) is 0 Å². The Morgan fingerprint density at radius 1 is 0.905 bits per heavy atom. The quantitative estimate of drug-likeness (QED) is 0.299. The second-order valence-electron chi connectivity index (χ2n) is 6.45. The largest absolute Gasteiger partial charge is 0.478 e. The molecule has 0 fully saturated rings. The lowest BCUT2D eigenvalue weighted by Crippen LogP contribution is -2.00. The molecule has 0 aliphatic carbocycles. The van der Waals surface area contributed by atoms with Crippen molar-refractivity contribution >= 4 is 5.97 Å². The molecule has 0 heterocycles. The summed E-state index contributed by atoms with van der Waals surface area (Å²) >= 11 is 0. The summed E-state index contributed by atoms with van der Waals surface area (Å²) in [5.41, 5.74) is 0.995. The molecule has 0 rings (SSSR count). The number of aliphatic carboxylic acids is 1. The molecule has 0 aromatic carbocycles. The first-order valence-electron chi connectivity index (χ1n) is 8.99. The van der Waals surface area contributed by atoms with Crippen molar-refractivity contribution in [1.82, 2.24) is 0 Å². The lowest BCUT2D eigenvalue weighted by atomic mass is 9.95. The maximum absolute atomic E-state index is 10.6. The van der Waals surface area contributed by atoms with Gasteiger partial charge in [0.15, 0.2) is 0 Å². The summed E-state index contributed by atoms with van der Waals surface area (Å²) in [5, 5.41) is 8.72. The van der Waals surface area contributed by atoms with Crippen LogP contribution in [0.3, 0.4) is 0 Å². The van der Waals surface area contributed by atoms with E-state index in [1.54, 1.807) is 0 Å². The van der Waals surface area contributed by atoms with E-state index in [0.717, 1.165) is 12.0 Å². The molecule has 0 aliphatic rings. The fraction of sp³-hybridized carbons (Fsp3) is 0.842. The molecule has 2 heteroatoms. The summed E-state index contributed by atoms with van der Waals surface area (Å²) in [6.45, 7) is 6.32. The van der Waals surface area contributed by atoms with Crippen LogP contribution in [0.5, 0.6) is 0 Å². The van der Waals surface area contributed by atoms with E-state index in [1.165, 1.54) is 76.7 Å². The smallest absolute Gasteiger partial charge is 0.328 e. The highest BCUT2D eigenvalue weighted by Crippen LogP contribution is 2.18. The predicted octanol–water partition coefficient (Wildman–Crippen LogP) is 6.35. The molecule has 0 aromatic heterocycles. The number of allylic oxidation sites excluding steroid dienone is 1. The van der Waals surface area contributed by atoms with Crippen molar-refractivity contribution in [2.45, 2.75) is 97.8 Å². The van der Waals surface area contributed by atoms with Gasteiger partial charge in [-0.1, -0.05) is 90.0 Å². The standard InChI is InChI=1S/C19H36O2/c1-4-5-6-7-8-9-10-11-12-13-14-15-17(2)18(3)16-19(20)21/h16-17H,4-15H2,1-3H3,(H,20,21). The van der Waals surface area contributed by atoms with E-state index in [-0.39, 0.29) is 0 Å². The summed E-state index contributed by atoms with van der Waals surface area (Å²) in [6.07, 6.45) is 17.5. The van der Waals surface area contributed by atoms with Crippen LogP contribution in [0.1, 0.15) is 97.8 Å². The number of carbonyl (C=O) groups is 1. The average Bonchev–Trinajstić information content (AvgIpc) is 2.43. The number of hydrogen-bond donors (Lipinski definition) is 1. The van der Waals surface area contributed by atoms with Crippen LogP contribution in [0.2, 0.25) is 0 Å². The highest BCUT2D eigenvalue weighted by molar-refractivity contribution is 5.80. The van der Waals surface area contributed by atoms with Gasteiger partial charge in [0.25, 0.3) is 0 Å². The van der Waals surface area contributed by atoms with Crippen LogP contribution in [-0.4, -0.2) is 11.1 Å². The number of carboxylic acids is 1. The molecule has 1 atom stereocenters. The zero-order valence-corrected chi connectivity index (χ0v) is 14.5. The Morgan fingerprint density at radius 2 is 1.33 bits per heavy atom. The van der Waals surface area contributed by atoms with Crippen molar-refractivity contribution in [3.8, 4) is 0 Å². The van der Waals surface area contributed by atoms with Gasteiger partial charge in [-0.2, -0.15) is 0 Å². The lowest BCUT2D eigenvalue weighted by molar-refractivity contribution is -0.131. The summed E-state index contributed by atoms with van der Waals surface area (Å²) in [5.74, 6) is -0.419. The van der Waals surface area contributed by atoms with E-state index < -0.39 is 5.97 Å². The van der Waals surface area contributed by atoms with E-state index in [4.69, 9.17) is 5.11 Å². The highest BCUT2D eigenvalue weighted by Gasteiger charge is 2.05. The SMILES string of the molecule is CCCCCCCCCCCCCC(C)C(C)=CC(=O)O. The predicted molar refractivity (Wildman–Crippen MR) is 91.6 cm³/mol. The van der Waals surface area contributed by atoms with Gasteiger partial charge >= 0.3 is 5.97 Å². The van der Waals surface area contributed by atoms with Gasteiger partial charge in [-0.15, -0.1) is 0 Å². The van der Waals surface area contributed by atoms with Crippen LogP contribution in [-0.2, 0) is 4.79 Å². The Labute approximate surface area is 132 Å². The van der Waals surface area contributed by atoms with Gasteiger partial charge < -0.3 is 5.11 Å². The van der Waals surface area contributed by atoms with E-state index >= 15 is 0 Å². The molecule has 0 bridgehead atoms. The molecule has 0 spiro atoms. The molecular weight excluding hydrogens is 260 g/mol. The Hall–Kier alpha value is -0.790. The Balaban J connectivity index is 3.34. The maximum atomic E-state index is 10.6. The van der Waals surface area contributed by atoms with Gasteiger partial charge in [-0.3, -0.25) is 0 Å². The van der Waals surface area contributed by atoms with Gasteiger partial charge in [0.1, 0.15) is 0 Å². The van der Waals surface area contributed by atoms with Crippen molar-refractivity contribution in [2.75, 3.05) is 0 Å². The zero-order chi connectivity index (χ0) is 15.9. The first-order valence-corrected chi connectivity index (χ1v) is 8.99. The van der Waals surface area contributed by atoms with E-state index in [9.17, 15) is 4.79 Å². The molecule has 0 saturated carbocycles. The third-order valence-corrected chi connectivity index (χ3v) is 4.37. The first-order chi connectivity index (χ1) is 10.1. The maximum Gasteiger partial charge on any atom is 0.328 e. The molecule has 0 radical (unpaired) electrons. The average molecular weight is 296 g/mol. The van der Waals surface area contributed by atoms with Crippen LogP contribution < -0.4 is 0 Å². The monoisotopic (exact) mass is 296 g/mol. The Morgan fingerprint density at radius 3 is 1.76 bits per heavy atom. The van der Waals surface area contributed by atoms with Crippen LogP contribution >= 0.6 is 0 Å². The summed E-state index contributed by atoms with van der Waals surface area (Å²) < 4.78 is 0. The summed E-state index contributed by atoms with van der Waals surface area (Å²) in [6, 6.07) is 0. The molecule has 0 saturated heterocycles. The van der Waals surface area contributed by atoms with E-state index in [1.807, 2.05) is 6.92 Å². The molecule has 2 nitrogen and oxygen atoms in total. The van der Waals surface area contributed by atoms with E-state index in [0.29, 0.717) is 5.92 Å². The number of rotatable bonds is 14. The third kappa shape index (κ3) is 13.9. The van der Waals surface area contributed by atoms with Crippen molar-refractivity contribution < 1.29 is 9.90 Å². The molecule has 1 N–H and O–H groups in total. The van der Waals surface area contributed by atoms with Crippen LogP contribution in [0, 0.1) is 5.92 Å². The molecule has 0 aliphatic heterocycles. The Bertz CT molecular complexity index is 281. The van der Waals surface area contributed by atoms with Gasteiger partial charge in [0.2, 0.25) is 0 Å². The van der Waals surface area contributed by atoms with Crippen LogP contribution in [0.15, 0.2) is 11.6 Å². The molecule has 1 unspecified atom stereocenters. The number of unbranched alkanes of at least 4 members (excludes halogenated alkanes) is 10. The molecule has 0 amide bonds. The molecule has 0 aromatic rings. The zero-order valence-electron chi connectivity index (χ0n) is 14.5. The van der Waals surface area contributed by atoms with Gasteiger partial charge in [-0.25, -0.2) is 4.79 Å². The Kier molecular flexibility index (Phi) is 13.6. The second kappa shape index (κ2) is 14.2. The minimum absolute atomic E-state index is 0.402. The van der Waals surface area contributed by atoms with Crippen molar-refractivity contribution in [1.29, 1.82) is 0 Å². The van der Waals surface area contributed by atoms with Crippen LogP contribution in [0.4, 0.5) is 0 Å². The first kappa shape index (κ1) is 20.2. The van der Waals surface area contributed by atoms with Crippen molar-refractivity contribution in [3.05, 3.63) is 11.6 Å². The van der Waals surface area contributed by atoms with Gasteiger partial charge in [0, 0.05) is 6.08 Å². The normalized spacial score (nSPS) is 13.4. The summed E-state index contributed by atoms with van der Waals surface area (Å²) in [4.78, 5) is 10.6. The molecule has 21 heavy (non-hydrogen) atoms. The second-order valence-corrected chi connectivity index (χ2v) is 6.45. The minimum Gasteiger partial charge on any atom is -0.478 e. The van der Waals surface area contributed by atoms with E-state index in [2.05, 4.69) is 13.8 Å². The molecular formula is C19H36O2. The van der Waals surface area contributed by atoms with Crippen molar-refractivity contribution in [2.24, 2.45) is 5.92 Å². The van der Waals surface area contributed by atoms with Crippen molar-refractivity contribution in [3.63, 3.8) is 0 Å². The third-order valence-electron chi connectivity index (χ3n) is 4.37. The van der Waals surface area contributed by atoms with Gasteiger partial charge in [-0.05, 0) is 19.3 Å². The highest BCUT2D eigenvalue weighted by atomic mass is 16.4. The summed E-state index contributed by atoms with van der Waals surface area (Å²) in [7, 11) is 0. The molecule has 124 valence electrons. The fourth-order valence-corrected chi connectivity index (χ4v) is 2.68. The lowest BCUT2D eigenvalue weighted by Gasteiger charge is -2.11. The minimum atomic E-state index is -0.821. The number of carboxylic acid groups (broad SMARTS) is 1. The fourth-order valence-electron chi connectivity index (χ4n) is 2.68.